The van der Waals surface area contributed by atoms with Crippen LogP contribution in [0.15, 0.2) is 52.7 Å². The Morgan fingerprint density at radius 3 is 2.80 bits per heavy atom. The molecule has 0 amide bonds. The van der Waals surface area contributed by atoms with Gasteiger partial charge in [-0.25, -0.2) is 0 Å². The SMILES string of the molecule is C=CCn1c(COc2ccc(Cl)cc2)nnc1SCc1cc(C)no1. The van der Waals surface area contributed by atoms with Crippen LogP contribution in [0.25, 0.3) is 0 Å². The molecule has 0 atom stereocenters. The first-order valence-electron chi connectivity index (χ1n) is 7.62. The molecular weight excluding hydrogens is 360 g/mol. The fourth-order valence-electron chi connectivity index (χ4n) is 2.14. The van der Waals surface area contributed by atoms with Crippen molar-refractivity contribution in [2.24, 2.45) is 0 Å². The van der Waals surface area contributed by atoms with Crippen molar-refractivity contribution in [1.29, 1.82) is 0 Å². The van der Waals surface area contributed by atoms with Crippen molar-refractivity contribution in [3.05, 3.63) is 65.3 Å². The summed E-state index contributed by atoms with van der Waals surface area (Å²) in [6.45, 7) is 6.60. The second-order valence-corrected chi connectivity index (χ2v) is 6.64. The average Bonchev–Trinajstić information content (AvgIpc) is 3.19. The predicted molar refractivity (Wildman–Crippen MR) is 96.8 cm³/mol. The van der Waals surface area contributed by atoms with E-state index in [-0.39, 0.29) is 0 Å². The molecule has 0 fully saturated rings. The number of halogens is 1. The third kappa shape index (κ3) is 4.64. The van der Waals surface area contributed by atoms with Crippen LogP contribution in [0.1, 0.15) is 17.3 Å². The lowest BCUT2D eigenvalue weighted by molar-refractivity contribution is 0.289. The molecule has 0 saturated heterocycles. The molecule has 3 aromatic rings. The molecule has 130 valence electrons. The standard InChI is InChI=1S/C17H17ClN4O2S/c1-3-8-22-16(10-23-14-6-4-13(18)5-7-14)19-20-17(22)25-11-15-9-12(2)21-24-15/h3-7,9H,1,8,10-11H2,2H3. The fraction of sp³-hybridized carbons (Fsp3) is 0.235. The van der Waals surface area contributed by atoms with Crippen molar-refractivity contribution in [2.75, 3.05) is 0 Å². The summed E-state index contributed by atoms with van der Waals surface area (Å²) in [6, 6.07) is 9.11. The minimum absolute atomic E-state index is 0.310. The van der Waals surface area contributed by atoms with Gasteiger partial charge in [0.1, 0.15) is 18.1 Å². The number of ether oxygens (including phenoxy) is 1. The first kappa shape index (κ1) is 17.6. The van der Waals surface area contributed by atoms with E-state index >= 15 is 0 Å². The van der Waals surface area contributed by atoms with Crippen molar-refractivity contribution < 1.29 is 9.26 Å². The van der Waals surface area contributed by atoms with Crippen LogP contribution in [-0.2, 0) is 18.9 Å². The Balaban J connectivity index is 1.67. The summed E-state index contributed by atoms with van der Waals surface area (Å²) in [5.41, 5.74) is 0.861. The van der Waals surface area contributed by atoms with Crippen LogP contribution in [0.3, 0.4) is 0 Å². The van der Waals surface area contributed by atoms with Crippen molar-refractivity contribution in [3.8, 4) is 5.75 Å². The molecule has 0 unspecified atom stereocenters. The molecule has 0 aliphatic rings. The van der Waals surface area contributed by atoms with Crippen LogP contribution in [-0.4, -0.2) is 19.9 Å². The molecule has 2 heterocycles. The summed E-state index contributed by atoms with van der Waals surface area (Å²) in [6.07, 6.45) is 1.80. The van der Waals surface area contributed by atoms with E-state index in [1.54, 1.807) is 18.2 Å². The van der Waals surface area contributed by atoms with Gasteiger partial charge in [0.2, 0.25) is 0 Å². The lowest BCUT2D eigenvalue weighted by Gasteiger charge is -2.09. The number of benzene rings is 1. The number of hydrogen-bond donors (Lipinski definition) is 0. The van der Waals surface area contributed by atoms with Crippen molar-refractivity contribution >= 4 is 23.4 Å². The Labute approximate surface area is 154 Å². The number of hydrogen-bond acceptors (Lipinski definition) is 6. The molecule has 25 heavy (non-hydrogen) atoms. The van der Waals surface area contributed by atoms with E-state index in [1.807, 2.05) is 29.7 Å². The quantitative estimate of drug-likeness (QED) is 0.431. The Kier molecular flexibility index (Phi) is 5.78. The maximum absolute atomic E-state index is 5.88. The topological polar surface area (TPSA) is 66.0 Å². The lowest BCUT2D eigenvalue weighted by Crippen LogP contribution is -2.07. The third-order valence-electron chi connectivity index (χ3n) is 3.31. The fourth-order valence-corrected chi connectivity index (χ4v) is 3.11. The van der Waals surface area contributed by atoms with Crippen molar-refractivity contribution in [3.63, 3.8) is 0 Å². The monoisotopic (exact) mass is 376 g/mol. The highest BCUT2D eigenvalue weighted by Gasteiger charge is 2.13. The van der Waals surface area contributed by atoms with Gasteiger partial charge in [0.25, 0.3) is 0 Å². The summed E-state index contributed by atoms with van der Waals surface area (Å²) in [5, 5.41) is 13.8. The number of allylic oxidation sites excluding steroid dienone is 1. The zero-order chi connectivity index (χ0) is 17.6. The third-order valence-corrected chi connectivity index (χ3v) is 4.55. The zero-order valence-corrected chi connectivity index (χ0v) is 15.3. The Morgan fingerprint density at radius 2 is 2.12 bits per heavy atom. The highest BCUT2D eigenvalue weighted by atomic mass is 35.5. The molecule has 0 radical (unpaired) electrons. The minimum atomic E-state index is 0.310. The first-order chi connectivity index (χ1) is 12.2. The predicted octanol–water partition coefficient (Wildman–Crippen LogP) is 4.29. The summed E-state index contributed by atoms with van der Waals surface area (Å²) in [4.78, 5) is 0. The first-order valence-corrected chi connectivity index (χ1v) is 8.98. The molecule has 6 nitrogen and oxygen atoms in total. The van der Waals surface area contributed by atoms with Gasteiger partial charge in [0, 0.05) is 17.6 Å². The molecular formula is C17H17ClN4O2S. The van der Waals surface area contributed by atoms with Gasteiger partial charge in [0.05, 0.1) is 11.4 Å². The number of rotatable bonds is 8. The lowest BCUT2D eigenvalue weighted by atomic mass is 10.3. The Bertz CT molecular complexity index is 845. The van der Waals surface area contributed by atoms with Gasteiger partial charge in [-0.15, -0.1) is 16.8 Å². The van der Waals surface area contributed by atoms with Crippen LogP contribution < -0.4 is 4.74 Å². The maximum Gasteiger partial charge on any atom is 0.192 e. The van der Waals surface area contributed by atoms with E-state index in [0.717, 1.165) is 28.2 Å². The zero-order valence-electron chi connectivity index (χ0n) is 13.7. The van der Waals surface area contributed by atoms with Gasteiger partial charge in [-0.3, -0.25) is 4.57 Å². The highest BCUT2D eigenvalue weighted by Crippen LogP contribution is 2.23. The summed E-state index contributed by atoms with van der Waals surface area (Å²) in [5.74, 6) is 2.89. The second kappa shape index (κ2) is 8.22. The smallest absolute Gasteiger partial charge is 0.192 e. The van der Waals surface area contributed by atoms with E-state index in [1.165, 1.54) is 11.8 Å². The van der Waals surface area contributed by atoms with Gasteiger partial charge in [0.15, 0.2) is 11.0 Å². The van der Waals surface area contributed by atoms with Crippen LogP contribution in [0.4, 0.5) is 0 Å². The van der Waals surface area contributed by atoms with E-state index in [9.17, 15) is 0 Å². The normalized spacial score (nSPS) is 10.8. The summed E-state index contributed by atoms with van der Waals surface area (Å²) in [7, 11) is 0. The molecule has 0 aliphatic carbocycles. The molecule has 0 aliphatic heterocycles. The van der Waals surface area contributed by atoms with Crippen LogP contribution in [0.5, 0.6) is 5.75 Å². The van der Waals surface area contributed by atoms with Gasteiger partial charge < -0.3 is 9.26 Å². The van der Waals surface area contributed by atoms with E-state index < -0.39 is 0 Å². The maximum atomic E-state index is 5.88. The molecule has 0 saturated carbocycles. The van der Waals surface area contributed by atoms with Gasteiger partial charge in [-0.05, 0) is 31.2 Å². The van der Waals surface area contributed by atoms with Gasteiger partial charge in [-0.2, -0.15) is 0 Å². The van der Waals surface area contributed by atoms with Crippen molar-refractivity contribution in [1.82, 2.24) is 19.9 Å². The largest absolute Gasteiger partial charge is 0.486 e. The minimum Gasteiger partial charge on any atom is -0.486 e. The molecule has 0 spiro atoms. The summed E-state index contributed by atoms with van der Waals surface area (Å²) >= 11 is 7.41. The molecule has 3 rings (SSSR count). The van der Waals surface area contributed by atoms with Crippen LogP contribution >= 0.6 is 23.4 Å². The van der Waals surface area contributed by atoms with Crippen LogP contribution in [0, 0.1) is 6.92 Å². The molecule has 8 heteroatoms. The van der Waals surface area contributed by atoms with Crippen molar-refractivity contribution in [2.45, 2.75) is 31.0 Å². The number of thioether (sulfide) groups is 1. The van der Waals surface area contributed by atoms with E-state index in [4.69, 9.17) is 20.9 Å². The second-order valence-electron chi connectivity index (χ2n) is 5.26. The summed E-state index contributed by atoms with van der Waals surface area (Å²) < 4.78 is 13.0. The number of aromatic nitrogens is 4. The van der Waals surface area contributed by atoms with E-state index in [0.29, 0.717) is 23.9 Å². The Hall–Kier alpha value is -2.25. The number of nitrogens with zero attached hydrogens (tertiary/aromatic N) is 4. The van der Waals surface area contributed by atoms with Gasteiger partial charge in [-0.1, -0.05) is 34.6 Å². The molecule has 2 aromatic heterocycles. The highest BCUT2D eigenvalue weighted by molar-refractivity contribution is 7.98. The van der Waals surface area contributed by atoms with Gasteiger partial charge >= 0.3 is 0 Å². The average molecular weight is 377 g/mol. The number of aryl methyl sites for hydroxylation is 1. The molecule has 0 bridgehead atoms. The van der Waals surface area contributed by atoms with Crippen LogP contribution in [0.2, 0.25) is 5.02 Å². The molecule has 1 aromatic carbocycles. The molecule has 0 N–H and O–H groups in total. The van der Waals surface area contributed by atoms with E-state index in [2.05, 4.69) is 21.9 Å². The Morgan fingerprint density at radius 1 is 1.32 bits per heavy atom.